The van der Waals surface area contributed by atoms with Crippen molar-refractivity contribution in [3.63, 3.8) is 0 Å². The molecule has 4 atom stereocenters. The molecule has 1 saturated heterocycles. The fourth-order valence-electron chi connectivity index (χ4n) is 3.30. The number of hydrogen-bond donors (Lipinski definition) is 2. The van der Waals surface area contributed by atoms with Crippen LogP contribution in [0.15, 0.2) is 53.4 Å². The maximum absolute atomic E-state index is 13.3. The van der Waals surface area contributed by atoms with Crippen molar-refractivity contribution in [3.05, 3.63) is 59.9 Å². The first-order chi connectivity index (χ1) is 13.5. The topological polar surface area (TPSA) is 67.8 Å². The molecule has 0 saturated carbocycles. The molecular weight excluding hydrogens is 381 g/mol. The summed E-state index contributed by atoms with van der Waals surface area (Å²) in [5.74, 6) is -0.361. The lowest BCUT2D eigenvalue weighted by Crippen LogP contribution is -2.46. The second kappa shape index (κ2) is 9.41. The Labute approximate surface area is 168 Å². The van der Waals surface area contributed by atoms with Gasteiger partial charge in [0.2, 0.25) is 0 Å². The lowest BCUT2D eigenvalue weighted by atomic mass is 9.98. The van der Waals surface area contributed by atoms with Gasteiger partial charge in [0.25, 0.3) is 0 Å². The molecular formula is C21H24FNO4S. The first-order valence-corrected chi connectivity index (χ1v) is 10.0. The van der Waals surface area contributed by atoms with E-state index >= 15 is 0 Å². The van der Waals surface area contributed by atoms with Crippen LogP contribution < -0.4 is 10.1 Å². The van der Waals surface area contributed by atoms with Gasteiger partial charge in [-0.3, -0.25) is 4.79 Å². The quantitative estimate of drug-likeness (QED) is 0.694. The predicted octanol–water partition coefficient (Wildman–Crippen LogP) is 3.92. The van der Waals surface area contributed by atoms with Gasteiger partial charge in [-0.05, 0) is 55.3 Å². The number of halogens is 1. The van der Waals surface area contributed by atoms with Crippen LogP contribution in [0.5, 0.6) is 5.75 Å². The second-order valence-electron chi connectivity index (χ2n) is 6.86. The number of rotatable bonds is 8. The number of benzene rings is 2. The van der Waals surface area contributed by atoms with Crippen LogP contribution in [-0.4, -0.2) is 35.7 Å². The third kappa shape index (κ3) is 5.25. The summed E-state index contributed by atoms with van der Waals surface area (Å²) in [5.41, 5.74) is 0.647. The van der Waals surface area contributed by atoms with Crippen LogP contribution in [0.4, 0.5) is 4.39 Å². The Morgan fingerprint density at radius 2 is 2.14 bits per heavy atom. The van der Waals surface area contributed by atoms with Crippen LogP contribution in [0.2, 0.25) is 0 Å². The van der Waals surface area contributed by atoms with E-state index in [-0.39, 0.29) is 29.9 Å². The van der Waals surface area contributed by atoms with Gasteiger partial charge in [0.05, 0.1) is 6.10 Å². The molecule has 3 rings (SSSR count). The Kier molecular flexibility index (Phi) is 6.93. The van der Waals surface area contributed by atoms with Crippen LogP contribution in [0, 0.1) is 11.7 Å². The Balaban J connectivity index is 1.59. The number of nitrogens with one attached hydrogen (secondary N) is 1. The minimum absolute atomic E-state index is 0.117. The van der Waals surface area contributed by atoms with E-state index in [1.165, 1.54) is 12.1 Å². The smallest absolute Gasteiger partial charge is 0.323 e. The average molecular weight is 405 g/mol. The van der Waals surface area contributed by atoms with Crippen molar-refractivity contribution in [2.45, 2.75) is 42.4 Å². The molecule has 2 aromatic rings. The molecule has 1 fully saturated rings. The van der Waals surface area contributed by atoms with E-state index in [0.29, 0.717) is 5.75 Å². The fourth-order valence-corrected chi connectivity index (χ4v) is 4.52. The van der Waals surface area contributed by atoms with E-state index in [1.807, 2.05) is 37.3 Å². The zero-order valence-electron chi connectivity index (χ0n) is 15.8. The van der Waals surface area contributed by atoms with Crippen molar-refractivity contribution in [1.29, 1.82) is 0 Å². The number of aliphatic carboxylic acids is 1. The summed E-state index contributed by atoms with van der Waals surface area (Å²) in [4.78, 5) is 12.4. The van der Waals surface area contributed by atoms with E-state index in [4.69, 9.17) is 9.47 Å². The summed E-state index contributed by atoms with van der Waals surface area (Å²) in [7, 11) is 1.63. The molecule has 28 heavy (non-hydrogen) atoms. The third-order valence-electron chi connectivity index (χ3n) is 4.71. The molecule has 5 nitrogen and oxygen atoms in total. The zero-order chi connectivity index (χ0) is 20.1. The maximum Gasteiger partial charge on any atom is 0.323 e. The zero-order valence-corrected chi connectivity index (χ0v) is 16.6. The molecule has 0 amide bonds. The molecule has 1 aliphatic heterocycles. The van der Waals surface area contributed by atoms with Gasteiger partial charge in [-0.25, -0.2) is 4.39 Å². The minimum atomic E-state index is -0.905. The summed E-state index contributed by atoms with van der Waals surface area (Å²) in [5, 5.41) is 12.2. The number of likely N-dealkylation sites (N-methyl/N-ethyl adjacent to an activating group) is 1. The number of thioether (sulfide) groups is 1. The van der Waals surface area contributed by atoms with Crippen LogP contribution in [0.25, 0.3) is 0 Å². The largest absolute Gasteiger partial charge is 0.489 e. The molecule has 0 radical (unpaired) electrons. The first-order valence-electron chi connectivity index (χ1n) is 9.15. The van der Waals surface area contributed by atoms with E-state index in [0.717, 1.165) is 16.9 Å². The predicted molar refractivity (Wildman–Crippen MR) is 106 cm³/mol. The molecule has 0 spiro atoms. The summed E-state index contributed by atoms with van der Waals surface area (Å²) in [6, 6.07) is 13.2. The van der Waals surface area contributed by atoms with Gasteiger partial charge >= 0.3 is 5.97 Å². The van der Waals surface area contributed by atoms with Gasteiger partial charge < -0.3 is 19.9 Å². The molecule has 2 aromatic carbocycles. The van der Waals surface area contributed by atoms with Crippen molar-refractivity contribution in [2.75, 3.05) is 7.05 Å². The lowest BCUT2D eigenvalue weighted by Gasteiger charge is -2.22. The molecule has 0 aromatic heterocycles. The highest BCUT2D eigenvalue weighted by atomic mass is 32.2. The summed E-state index contributed by atoms with van der Waals surface area (Å²) in [6.07, 6.45) is 0.405. The lowest BCUT2D eigenvalue weighted by molar-refractivity contribution is -0.143. The van der Waals surface area contributed by atoms with Gasteiger partial charge in [-0.15, -0.1) is 0 Å². The van der Waals surface area contributed by atoms with E-state index in [1.54, 1.807) is 24.9 Å². The van der Waals surface area contributed by atoms with Gasteiger partial charge in [0, 0.05) is 4.90 Å². The normalized spacial score (nSPS) is 22.8. The van der Waals surface area contributed by atoms with Crippen LogP contribution in [0.1, 0.15) is 18.9 Å². The average Bonchev–Trinajstić information content (AvgIpc) is 3.00. The molecule has 0 aliphatic carbocycles. The second-order valence-corrected chi connectivity index (χ2v) is 8.09. The number of carboxylic acid groups (broad SMARTS) is 1. The van der Waals surface area contributed by atoms with Gasteiger partial charge in [-0.2, -0.15) is 0 Å². The highest BCUT2D eigenvalue weighted by Gasteiger charge is 2.40. The monoisotopic (exact) mass is 405 g/mol. The van der Waals surface area contributed by atoms with Gasteiger partial charge in [0.1, 0.15) is 29.7 Å². The van der Waals surface area contributed by atoms with Crippen molar-refractivity contribution in [1.82, 2.24) is 5.32 Å². The van der Waals surface area contributed by atoms with Crippen LogP contribution in [0.3, 0.4) is 0 Å². The van der Waals surface area contributed by atoms with Crippen LogP contribution >= 0.6 is 11.8 Å². The summed E-state index contributed by atoms with van der Waals surface area (Å²) >= 11 is 1.55. The number of carbonyl (C=O) groups is 1. The number of hydrogen-bond acceptors (Lipinski definition) is 5. The maximum atomic E-state index is 13.3. The van der Waals surface area contributed by atoms with E-state index < -0.39 is 12.0 Å². The van der Waals surface area contributed by atoms with Crippen molar-refractivity contribution < 1.29 is 23.8 Å². The highest BCUT2D eigenvalue weighted by molar-refractivity contribution is 7.99. The van der Waals surface area contributed by atoms with Gasteiger partial charge in [-0.1, -0.05) is 36.9 Å². The molecule has 1 aliphatic rings. The van der Waals surface area contributed by atoms with Crippen molar-refractivity contribution in [2.24, 2.45) is 5.92 Å². The Hall–Kier alpha value is -2.09. The summed E-state index contributed by atoms with van der Waals surface area (Å²) < 4.78 is 25.1. The van der Waals surface area contributed by atoms with Crippen LogP contribution in [-0.2, 0) is 16.1 Å². The van der Waals surface area contributed by atoms with Gasteiger partial charge in [0.15, 0.2) is 0 Å². The molecule has 7 heteroatoms. The first kappa shape index (κ1) is 20.6. The van der Waals surface area contributed by atoms with E-state index in [2.05, 4.69) is 5.32 Å². The minimum Gasteiger partial charge on any atom is -0.489 e. The molecule has 2 N–H and O–H groups in total. The number of carboxylic acids is 1. The van der Waals surface area contributed by atoms with Crippen molar-refractivity contribution in [3.8, 4) is 5.75 Å². The highest BCUT2D eigenvalue weighted by Crippen LogP contribution is 2.38. The molecule has 1 heterocycles. The molecule has 2 unspecified atom stereocenters. The molecule has 0 bridgehead atoms. The fraction of sp³-hybridized carbons (Fsp3) is 0.381. The Morgan fingerprint density at radius 1 is 1.36 bits per heavy atom. The standard InChI is InChI=1S/C21H24FNO4S/c1-13-9-18(27-20(13)19(23-2)21(24)25)28-17-8-4-7-16(11-17)26-12-14-5-3-6-15(22)10-14/h3-8,10-11,13,18-20,23H,9,12H2,1-2H3,(H,24,25)/t13-,18?,19?,20-/m1/s1. The Morgan fingerprint density at radius 3 is 2.86 bits per heavy atom. The molecule has 150 valence electrons. The summed E-state index contributed by atoms with van der Waals surface area (Å²) in [6.45, 7) is 2.30. The third-order valence-corrected chi connectivity index (χ3v) is 5.80. The van der Waals surface area contributed by atoms with E-state index in [9.17, 15) is 14.3 Å². The van der Waals surface area contributed by atoms with Crippen molar-refractivity contribution >= 4 is 17.7 Å². The Bertz CT molecular complexity index is 818. The SMILES string of the molecule is CNC(C(=O)O)[C@@H]1OC(Sc2cccc(OCc3cccc(F)c3)c2)C[C@H]1C. The number of ether oxygens (including phenoxy) is 2.